The van der Waals surface area contributed by atoms with Crippen LogP contribution in [-0.4, -0.2) is 29.1 Å². The summed E-state index contributed by atoms with van der Waals surface area (Å²) in [6.07, 6.45) is 1.34. The van der Waals surface area contributed by atoms with Crippen LogP contribution in [0.25, 0.3) is 0 Å². The second kappa shape index (κ2) is 6.90. The van der Waals surface area contributed by atoms with Gasteiger partial charge in [-0.15, -0.1) is 11.8 Å². The topological polar surface area (TPSA) is 76.5 Å². The van der Waals surface area contributed by atoms with Crippen LogP contribution < -0.4 is 0 Å². The molecule has 1 heterocycles. The lowest BCUT2D eigenvalue weighted by molar-refractivity contribution is 0.0599. The Hall–Kier alpha value is -2.34. The molecule has 5 nitrogen and oxygen atoms in total. The summed E-state index contributed by atoms with van der Waals surface area (Å²) in [5.74, 6) is -0.668. The minimum Gasteiger partial charge on any atom is -0.478 e. The second-order valence-corrected chi connectivity index (χ2v) is 5.16. The third kappa shape index (κ3) is 4.06. The highest BCUT2D eigenvalue weighted by molar-refractivity contribution is 7.98. The van der Waals surface area contributed by atoms with E-state index in [9.17, 15) is 9.59 Å². The van der Waals surface area contributed by atoms with E-state index in [4.69, 9.17) is 5.11 Å². The zero-order chi connectivity index (χ0) is 15.2. The maximum absolute atomic E-state index is 11.3. The molecule has 1 aromatic carbocycles. The highest BCUT2D eigenvalue weighted by atomic mass is 32.2. The van der Waals surface area contributed by atoms with E-state index in [1.165, 1.54) is 31.1 Å². The van der Waals surface area contributed by atoms with Crippen molar-refractivity contribution in [2.75, 3.05) is 7.11 Å². The van der Waals surface area contributed by atoms with E-state index in [2.05, 4.69) is 9.72 Å². The van der Waals surface area contributed by atoms with Gasteiger partial charge in [-0.1, -0.05) is 12.1 Å². The number of nitrogens with zero attached hydrogens (tertiary/aromatic N) is 1. The van der Waals surface area contributed by atoms with Gasteiger partial charge in [0.05, 0.1) is 23.3 Å². The van der Waals surface area contributed by atoms with Crippen molar-refractivity contribution in [1.82, 2.24) is 4.98 Å². The molecule has 0 saturated carbocycles. The monoisotopic (exact) mass is 303 g/mol. The lowest BCUT2D eigenvalue weighted by Crippen LogP contribution is -2.00. The van der Waals surface area contributed by atoms with E-state index in [0.29, 0.717) is 11.3 Å². The molecule has 0 aliphatic carbocycles. The van der Waals surface area contributed by atoms with Gasteiger partial charge >= 0.3 is 11.9 Å². The van der Waals surface area contributed by atoms with Crippen molar-refractivity contribution in [3.05, 3.63) is 59.3 Å². The lowest BCUT2D eigenvalue weighted by atomic mass is 10.1. The highest BCUT2D eigenvalue weighted by Crippen LogP contribution is 2.21. The van der Waals surface area contributed by atoms with Gasteiger partial charge in [0, 0.05) is 11.9 Å². The first-order chi connectivity index (χ1) is 10.1. The number of ether oxygens (including phenoxy) is 1. The molecule has 0 amide bonds. The molecule has 21 heavy (non-hydrogen) atoms. The fraction of sp³-hybridized carbons (Fsp3) is 0.133. The fourth-order valence-electron chi connectivity index (χ4n) is 1.60. The Morgan fingerprint density at radius 3 is 2.33 bits per heavy atom. The van der Waals surface area contributed by atoms with Crippen LogP contribution in [0, 0.1) is 0 Å². The zero-order valence-corrected chi connectivity index (χ0v) is 12.1. The Morgan fingerprint density at radius 1 is 1.14 bits per heavy atom. The molecule has 0 saturated heterocycles. The van der Waals surface area contributed by atoms with E-state index in [1.807, 2.05) is 12.1 Å². The molecule has 2 rings (SSSR count). The molecular weight excluding hydrogens is 290 g/mol. The van der Waals surface area contributed by atoms with Crippen molar-refractivity contribution in [1.29, 1.82) is 0 Å². The molecule has 0 fully saturated rings. The molecule has 0 bridgehead atoms. The van der Waals surface area contributed by atoms with E-state index < -0.39 is 5.97 Å². The molecule has 0 atom stereocenters. The van der Waals surface area contributed by atoms with E-state index in [0.717, 1.165) is 10.6 Å². The van der Waals surface area contributed by atoms with Crippen LogP contribution in [0.3, 0.4) is 0 Å². The predicted octanol–water partition coefficient (Wildman–Crippen LogP) is 2.86. The van der Waals surface area contributed by atoms with Gasteiger partial charge in [-0.25, -0.2) is 14.6 Å². The highest BCUT2D eigenvalue weighted by Gasteiger charge is 2.06. The number of carbonyl (C=O) groups excluding carboxylic acids is 1. The third-order valence-electron chi connectivity index (χ3n) is 2.75. The number of carbonyl (C=O) groups is 2. The SMILES string of the molecule is COC(=O)c1ccc(CSc2ccc(C(=O)O)cn2)cc1. The van der Waals surface area contributed by atoms with Gasteiger partial charge in [0.2, 0.25) is 0 Å². The van der Waals surface area contributed by atoms with Crippen molar-refractivity contribution in [2.45, 2.75) is 10.8 Å². The Morgan fingerprint density at radius 2 is 1.81 bits per heavy atom. The molecule has 1 aromatic heterocycles. The van der Waals surface area contributed by atoms with E-state index in [1.54, 1.807) is 18.2 Å². The van der Waals surface area contributed by atoms with Crippen LogP contribution in [0.5, 0.6) is 0 Å². The largest absolute Gasteiger partial charge is 0.478 e. The number of thioether (sulfide) groups is 1. The number of pyridine rings is 1. The Bertz CT molecular complexity index is 638. The van der Waals surface area contributed by atoms with Gasteiger partial charge in [0.25, 0.3) is 0 Å². The fourth-order valence-corrected chi connectivity index (χ4v) is 2.40. The lowest BCUT2D eigenvalue weighted by Gasteiger charge is -2.03. The second-order valence-electron chi connectivity index (χ2n) is 4.17. The molecule has 0 radical (unpaired) electrons. The summed E-state index contributed by atoms with van der Waals surface area (Å²) in [5.41, 5.74) is 1.72. The van der Waals surface area contributed by atoms with Crippen LogP contribution in [0.15, 0.2) is 47.6 Å². The molecule has 108 valence electrons. The van der Waals surface area contributed by atoms with Crippen LogP contribution in [0.4, 0.5) is 0 Å². The van der Waals surface area contributed by atoms with Crippen molar-refractivity contribution < 1.29 is 19.4 Å². The zero-order valence-electron chi connectivity index (χ0n) is 11.3. The number of benzene rings is 1. The van der Waals surface area contributed by atoms with Crippen LogP contribution >= 0.6 is 11.8 Å². The minimum absolute atomic E-state index is 0.168. The maximum atomic E-state index is 11.3. The summed E-state index contributed by atoms with van der Waals surface area (Å²) in [5, 5.41) is 9.54. The Labute approximate surface area is 126 Å². The summed E-state index contributed by atoms with van der Waals surface area (Å²) in [7, 11) is 1.35. The number of carboxylic acid groups (broad SMARTS) is 1. The summed E-state index contributed by atoms with van der Waals surface area (Å²) in [6.45, 7) is 0. The number of rotatable bonds is 5. The minimum atomic E-state index is -0.988. The van der Waals surface area contributed by atoms with Gasteiger partial charge in [0.15, 0.2) is 0 Å². The van der Waals surface area contributed by atoms with E-state index in [-0.39, 0.29) is 11.5 Å². The summed E-state index contributed by atoms with van der Waals surface area (Å²) >= 11 is 1.49. The summed E-state index contributed by atoms with van der Waals surface area (Å²) < 4.78 is 4.63. The average Bonchev–Trinajstić information content (AvgIpc) is 2.53. The first kappa shape index (κ1) is 15.1. The Balaban J connectivity index is 1.96. The van der Waals surface area contributed by atoms with Crippen molar-refractivity contribution in [2.24, 2.45) is 0 Å². The van der Waals surface area contributed by atoms with Gasteiger partial charge in [-0.05, 0) is 29.8 Å². The maximum Gasteiger partial charge on any atom is 0.337 e. The van der Waals surface area contributed by atoms with Crippen LogP contribution in [-0.2, 0) is 10.5 Å². The number of esters is 1. The molecule has 0 aliphatic rings. The van der Waals surface area contributed by atoms with Crippen molar-refractivity contribution >= 4 is 23.7 Å². The molecule has 0 aliphatic heterocycles. The molecule has 1 N–H and O–H groups in total. The number of carboxylic acids is 1. The molecular formula is C15H13NO4S. The van der Waals surface area contributed by atoms with Crippen molar-refractivity contribution in [3.63, 3.8) is 0 Å². The number of aromatic carboxylic acids is 1. The molecule has 0 spiro atoms. The first-order valence-corrected chi connectivity index (χ1v) is 7.08. The molecule has 0 unspecified atom stereocenters. The summed E-state index contributed by atoms with van der Waals surface area (Å²) in [4.78, 5) is 26.1. The molecule has 2 aromatic rings. The van der Waals surface area contributed by atoms with Gasteiger partial charge < -0.3 is 9.84 Å². The summed E-state index contributed by atoms with van der Waals surface area (Å²) in [6, 6.07) is 10.3. The van der Waals surface area contributed by atoms with Crippen molar-refractivity contribution in [3.8, 4) is 0 Å². The molecule has 6 heteroatoms. The van der Waals surface area contributed by atoms with Crippen LogP contribution in [0.2, 0.25) is 0 Å². The third-order valence-corrected chi connectivity index (χ3v) is 3.76. The quantitative estimate of drug-likeness (QED) is 0.676. The van der Waals surface area contributed by atoms with E-state index >= 15 is 0 Å². The Kier molecular flexibility index (Phi) is 4.94. The number of hydrogen-bond acceptors (Lipinski definition) is 5. The van der Waals surface area contributed by atoms with Gasteiger partial charge in [-0.2, -0.15) is 0 Å². The average molecular weight is 303 g/mol. The number of methoxy groups -OCH3 is 1. The first-order valence-electron chi connectivity index (χ1n) is 6.09. The van der Waals surface area contributed by atoms with Crippen LogP contribution in [0.1, 0.15) is 26.3 Å². The standard InChI is InChI=1S/C15H13NO4S/c1-20-15(19)11-4-2-10(3-5-11)9-21-13-7-6-12(8-16-13)14(17)18/h2-8H,9H2,1H3,(H,17,18). The van der Waals surface area contributed by atoms with Gasteiger partial charge in [0.1, 0.15) is 0 Å². The number of hydrogen-bond donors (Lipinski definition) is 1. The van der Waals surface area contributed by atoms with Gasteiger partial charge in [-0.3, -0.25) is 0 Å². The number of aromatic nitrogens is 1. The predicted molar refractivity (Wildman–Crippen MR) is 78.5 cm³/mol. The normalized spacial score (nSPS) is 10.1. The smallest absolute Gasteiger partial charge is 0.337 e.